The van der Waals surface area contributed by atoms with Gasteiger partial charge in [-0.05, 0) is 43.5 Å². The van der Waals surface area contributed by atoms with Crippen LogP contribution in [0.15, 0.2) is 42.6 Å². The summed E-state index contributed by atoms with van der Waals surface area (Å²) >= 11 is 0. The van der Waals surface area contributed by atoms with Gasteiger partial charge in [-0.15, -0.1) is 0 Å². The SMILES string of the molecule is Cn1nc(-c2ccnc(N3CCCCC3)c2)nc1C1COc2ccccc2O1. The molecule has 4 heterocycles. The second-order valence-corrected chi connectivity index (χ2v) is 7.23. The highest BCUT2D eigenvalue weighted by Crippen LogP contribution is 2.35. The molecule has 1 unspecified atom stereocenters. The molecule has 0 saturated carbocycles. The summed E-state index contributed by atoms with van der Waals surface area (Å²) in [4.78, 5) is 11.7. The summed E-state index contributed by atoms with van der Waals surface area (Å²) in [7, 11) is 1.89. The van der Waals surface area contributed by atoms with Crippen molar-refractivity contribution in [2.45, 2.75) is 25.4 Å². The Bertz CT molecular complexity index is 980. The Morgan fingerprint density at radius 2 is 1.86 bits per heavy atom. The first kappa shape index (κ1) is 17.0. The molecular weight excluding hydrogens is 354 g/mol. The Morgan fingerprint density at radius 1 is 1.04 bits per heavy atom. The molecule has 2 aliphatic heterocycles. The molecule has 1 aromatic carbocycles. The number of anilines is 1. The molecule has 0 amide bonds. The smallest absolute Gasteiger partial charge is 0.192 e. The zero-order valence-electron chi connectivity index (χ0n) is 15.9. The van der Waals surface area contributed by atoms with Crippen LogP contribution in [0.3, 0.4) is 0 Å². The number of hydrogen-bond donors (Lipinski definition) is 0. The first-order valence-corrected chi connectivity index (χ1v) is 9.79. The Hall–Kier alpha value is -3.09. The van der Waals surface area contributed by atoms with E-state index in [0.29, 0.717) is 12.4 Å². The largest absolute Gasteiger partial charge is 0.485 e. The van der Waals surface area contributed by atoms with Gasteiger partial charge in [0.1, 0.15) is 12.4 Å². The molecule has 7 nitrogen and oxygen atoms in total. The molecule has 1 saturated heterocycles. The van der Waals surface area contributed by atoms with E-state index in [1.165, 1.54) is 19.3 Å². The van der Waals surface area contributed by atoms with Crippen molar-refractivity contribution >= 4 is 5.82 Å². The van der Waals surface area contributed by atoms with Crippen LogP contribution in [-0.4, -0.2) is 39.4 Å². The van der Waals surface area contributed by atoms with Gasteiger partial charge in [0.2, 0.25) is 0 Å². The minimum Gasteiger partial charge on any atom is -0.485 e. The fraction of sp³-hybridized carbons (Fsp3) is 0.381. The predicted octanol–water partition coefficient (Wildman–Crippen LogP) is 3.38. The van der Waals surface area contributed by atoms with Gasteiger partial charge in [-0.25, -0.2) is 14.6 Å². The number of benzene rings is 1. The van der Waals surface area contributed by atoms with Crippen LogP contribution in [0.25, 0.3) is 11.4 Å². The van der Waals surface area contributed by atoms with E-state index < -0.39 is 0 Å². The third-order valence-corrected chi connectivity index (χ3v) is 5.28. The third-order valence-electron chi connectivity index (χ3n) is 5.28. The van der Waals surface area contributed by atoms with Crippen LogP contribution in [-0.2, 0) is 7.05 Å². The molecule has 144 valence electrons. The van der Waals surface area contributed by atoms with Crippen LogP contribution in [0.2, 0.25) is 0 Å². The van der Waals surface area contributed by atoms with Gasteiger partial charge in [-0.1, -0.05) is 12.1 Å². The molecule has 5 rings (SSSR count). The number of rotatable bonds is 3. The van der Waals surface area contributed by atoms with Gasteiger partial charge in [-0.3, -0.25) is 0 Å². The molecule has 1 atom stereocenters. The average Bonchev–Trinajstić information content (AvgIpc) is 3.16. The van der Waals surface area contributed by atoms with Crippen LogP contribution in [0.4, 0.5) is 5.82 Å². The lowest BCUT2D eigenvalue weighted by atomic mass is 10.1. The summed E-state index contributed by atoms with van der Waals surface area (Å²) in [5.41, 5.74) is 0.967. The fourth-order valence-electron chi connectivity index (χ4n) is 3.80. The van der Waals surface area contributed by atoms with E-state index in [1.54, 1.807) is 4.68 Å². The highest BCUT2D eigenvalue weighted by molar-refractivity contribution is 5.60. The summed E-state index contributed by atoms with van der Waals surface area (Å²) in [6.45, 7) is 2.53. The number of hydrogen-bond acceptors (Lipinski definition) is 6. The Kier molecular flexibility index (Phi) is 4.35. The lowest BCUT2D eigenvalue weighted by Gasteiger charge is -2.27. The maximum Gasteiger partial charge on any atom is 0.192 e. The molecule has 2 aromatic heterocycles. The summed E-state index contributed by atoms with van der Waals surface area (Å²) in [6.07, 6.45) is 5.29. The number of fused-ring (bicyclic) bond motifs is 1. The number of pyridine rings is 1. The second kappa shape index (κ2) is 7.14. The van der Waals surface area contributed by atoms with Gasteiger partial charge < -0.3 is 14.4 Å². The number of aromatic nitrogens is 4. The number of nitrogens with zero attached hydrogens (tertiary/aromatic N) is 5. The monoisotopic (exact) mass is 377 g/mol. The zero-order valence-corrected chi connectivity index (χ0v) is 15.9. The van der Waals surface area contributed by atoms with Crippen molar-refractivity contribution in [2.24, 2.45) is 7.05 Å². The van der Waals surface area contributed by atoms with E-state index in [1.807, 2.05) is 43.6 Å². The average molecular weight is 377 g/mol. The van der Waals surface area contributed by atoms with Crippen LogP contribution in [0.5, 0.6) is 11.5 Å². The predicted molar refractivity (Wildman–Crippen MR) is 106 cm³/mol. The van der Waals surface area contributed by atoms with Gasteiger partial charge in [0.25, 0.3) is 0 Å². The van der Waals surface area contributed by atoms with Crippen molar-refractivity contribution in [3.63, 3.8) is 0 Å². The first-order valence-electron chi connectivity index (χ1n) is 9.79. The lowest BCUT2D eigenvalue weighted by molar-refractivity contribution is 0.0824. The number of para-hydroxylation sites is 2. The van der Waals surface area contributed by atoms with Crippen molar-refractivity contribution in [1.82, 2.24) is 19.7 Å². The van der Waals surface area contributed by atoms with Crippen LogP contribution < -0.4 is 14.4 Å². The van der Waals surface area contributed by atoms with Gasteiger partial charge in [0.05, 0.1) is 0 Å². The van der Waals surface area contributed by atoms with Crippen molar-refractivity contribution in [3.05, 3.63) is 48.4 Å². The van der Waals surface area contributed by atoms with Crippen LogP contribution >= 0.6 is 0 Å². The summed E-state index contributed by atoms with van der Waals surface area (Å²) < 4.78 is 13.7. The van der Waals surface area contributed by atoms with E-state index >= 15 is 0 Å². The highest BCUT2D eigenvalue weighted by Gasteiger charge is 2.27. The maximum absolute atomic E-state index is 6.10. The molecule has 3 aromatic rings. The standard InChI is InChI=1S/C21H23N5O2/c1-25-21(18-14-27-16-7-3-4-8-17(16)28-18)23-20(24-25)15-9-10-22-19(13-15)26-11-5-2-6-12-26/h3-4,7-10,13,18H,2,5-6,11-12,14H2,1H3. The van der Waals surface area contributed by atoms with Gasteiger partial charge in [0.15, 0.2) is 29.3 Å². The number of piperidine rings is 1. The third kappa shape index (κ3) is 3.17. The zero-order chi connectivity index (χ0) is 18.9. The van der Waals surface area contributed by atoms with E-state index in [-0.39, 0.29) is 6.10 Å². The quantitative estimate of drug-likeness (QED) is 0.697. The molecule has 28 heavy (non-hydrogen) atoms. The lowest BCUT2D eigenvalue weighted by Crippen LogP contribution is -2.30. The maximum atomic E-state index is 6.10. The fourth-order valence-corrected chi connectivity index (χ4v) is 3.80. The molecule has 0 bridgehead atoms. The molecular formula is C21H23N5O2. The van der Waals surface area contributed by atoms with Gasteiger partial charge >= 0.3 is 0 Å². The molecule has 2 aliphatic rings. The normalized spacial score (nSPS) is 18.9. The first-order chi connectivity index (χ1) is 13.8. The molecule has 0 spiro atoms. The van der Waals surface area contributed by atoms with Crippen LogP contribution in [0.1, 0.15) is 31.2 Å². The number of aryl methyl sites for hydroxylation is 1. The van der Waals surface area contributed by atoms with E-state index in [9.17, 15) is 0 Å². The Balaban J connectivity index is 1.41. The van der Waals surface area contributed by atoms with Crippen LogP contribution in [0, 0.1) is 0 Å². The van der Waals surface area contributed by atoms with E-state index in [4.69, 9.17) is 14.5 Å². The Labute approximate surface area is 163 Å². The van der Waals surface area contributed by atoms with Crippen molar-refractivity contribution in [1.29, 1.82) is 0 Å². The molecule has 0 aliphatic carbocycles. The van der Waals surface area contributed by atoms with Gasteiger partial charge in [0, 0.05) is 31.9 Å². The second-order valence-electron chi connectivity index (χ2n) is 7.23. The van der Waals surface area contributed by atoms with Crippen molar-refractivity contribution < 1.29 is 9.47 Å². The number of ether oxygens (including phenoxy) is 2. The van der Waals surface area contributed by atoms with Crippen molar-refractivity contribution in [3.8, 4) is 22.9 Å². The van der Waals surface area contributed by atoms with E-state index in [2.05, 4.69) is 21.0 Å². The summed E-state index contributed by atoms with van der Waals surface area (Å²) in [5.74, 6) is 3.93. The molecule has 0 radical (unpaired) electrons. The highest BCUT2D eigenvalue weighted by atomic mass is 16.6. The Morgan fingerprint density at radius 3 is 2.71 bits per heavy atom. The van der Waals surface area contributed by atoms with Gasteiger partial charge in [-0.2, -0.15) is 5.10 Å². The summed E-state index contributed by atoms with van der Waals surface area (Å²) in [5, 5.41) is 4.62. The molecule has 7 heteroatoms. The van der Waals surface area contributed by atoms with E-state index in [0.717, 1.165) is 41.8 Å². The minimum atomic E-state index is -0.287. The molecule has 0 N–H and O–H groups in total. The molecule has 1 fully saturated rings. The van der Waals surface area contributed by atoms with Crippen molar-refractivity contribution in [2.75, 3.05) is 24.6 Å². The topological polar surface area (TPSA) is 65.3 Å². The summed E-state index contributed by atoms with van der Waals surface area (Å²) in [6, 6.07) is 11.7. The minimum absolute atomic E-state index is 0.287.